The van der Waals surface area contributed by atoms with Crippen molar-refractivity contribution in [2.75, 3.05) is 5.32 Å². The van der Waals surface area contributed by atoms with Crippen LogP contribution in [0.5, 0.6) is 0 Å². The Kier molecular flexibility index (Phi) is 6.77. The van der Waals surface area contributed by atoms with Crippen LogP contribution in [0.1, 0.15) is 87.8 Å². The van der Waals surface area contributed by atoms with Crippen LogP contribution in [0, 0.1) is 0 Å². The first kappa shape index (κ1) is 20.4. The molecule has 3 nitrogen and oxygen atoms in total. The van der Waals surface area contributed by atoms with Gasteiger partial charge in [-0.25, -0.2) is 4.79 Å². The zero-order chi connectivity index (χ0) is 20.1. The highest BCUT2D eigenvalue weighted by atomic mass is 16.2. The van der Waals surface area contributed by atoms with Crippen LogP contribution in [0.4, 0.5) is 10.5 Å². The fraction of sp³-hybridized carbons (Fsp3) is 0.480. The van der Waals surface area contributed by atoms with E-state index in [1.165, 1.54) is 29.5 Å². The second-order valence-corrected chi connectivity index (χ2v) is 8.63. The highest BCUT2D eigenvalue weighted by Crippen LogP contribution is 2.34. The van der Waals surface area contributed by atoms with E-state index >= 15 is 0 Å². The normalized spacial score (nSPS) is 19.6. The van der Waals surface area contributed by atoms with Gasteiger partial charge in [-0.15, -0.1) is 0 Å². The van der Waals surface area contributed by atoms with Gasteiger partial charge in [-0.2, -0.15) is 0 Å². The minimum absolute atomic E-state index is 0.0807. The Hall–Kier alpha value is -2.29. The van der Waals surface area contributed by atoms with E-state index in [0.717, 1.165) is 18.5 Å². The summed E-state index contributed by atoms with van der Waals surface area (Å²) >= 11 is 0. The van der Waals surface area contributed by atoms with Crippen LogP contribution in [0.25, 0.3) is 0 Å². The number of amides is 2. The molecule has 1 aliphatic carbocycles. The molecule has 0 bridgehead atoms. The van der Waals surface area contributed by atoms with Crippen LogP contribution in [0.2, 0.25) is 0 Å². The van der Waals surface area contributed by atoms with Gasteiger partial charge in [0.05, 0.1) is 0 Å². The predicted octanol–water partition coefficient (Wildman–Crippen LogP) is 6.78. The number of hydrogen-bond donors (Lipinski definition) is 2. The van der Waals surface area contributed by atoms with Crippen LogP contribution < -0.4 is 10.6 Å². The summed E-state index contributed by atoms with van der Waals surface area (Å²) in [4.78, 5) is 13.0. The molecule has 2 N–H and O–H groups in total. The van der Waals surface area contributed by atoms with Gasteiger partial charge in [0.2, 0.25) is 0 Å². The zero-order valence-corrected chi connectivity index (χ0v) is 17.7. The summed E-state index contributed by atoms with van der Waals surface area (Å²) in [5, 5.41) is 6.51. The summed E-state index contributed by atoms with van der Waals surface area (Å²) in [6.07, 6.45) is 4.58. The fourth-order valence-electron chi connectivity index (χ4n) is 4.42. The summed E-state index contributed by atoms with van der Waals surface area (Å²) in [5.41, 5.74) is 4.71. The van der Waals surface area contributed by atoms with Crippen molar-refractivity contribution >= 4 is 11.7 Å². The van der Waals surface area contributed by atoms with Gasteiger partial charge in [0.25, 0.3) is 0 Å². The second-order valence-electron chi connectivity index (χ2n) is 8.63. The number of carbonyl (C=O) groups is 1. The fourth-order valence-corrected chi connectivity index (χ4v) is 4.42. The average molecular weight is 379 g/mol. The third-order valence-corrected chi connectivity index (χ3v) is 5.92. The molecule has 0 saturated heterocycles. The summed E-state index contributed by atoms with van der Waals surface area (Å²) < 4.78 is 0. The Morgan fingerprint density at radius 2 is 1.46 bits per heavy atom. The number of benzene rings is 2. The maximum absolute atomic E-state index is 13.0. The number of nitrogens with one attached hydrogen (secondary N) is 2. The van der Waals surface area contributed by atoms with E-state index in [-0.39, 0.29) is 12.1 Å². The van der Waals surface area contributed by atoms with Gasteiger partial charge in [0, 0.05) is 17.6 Å². The zero-order valence-electron chi connectivity index (χ0n) is 17.7. The van der Waals surface area contributed by atoms with Gasteiger partial charge < -0.3 is 10.6 Å². The second kappa shape index (κ2) is 9.27. The highest BCUT2D eigenvalue weighted by molar-refractivity contribution is 5.91. The smallest absolute Gasteiger partial charge is 0.319 e. The number of urea groups is 1. The van der Waals surface area contributed by atoms with Crippen LogP contribution in [-0.2, 0) is 0 Å². The lowest BCUT2D eigenvalue weighted by atomic mass is 9.80. The van der Waals surface area contributed by atoms with Gasteiger partial charge >= 0.3 is 6.03 Å². The van der Waals surface area contributed by atoms with E-state index in [1.54, 1.807) is 0 Å². The molecule has 1 fully saturated rings. The Morgan fingerprint density at radius 1 is 0.857 bits per heavy atom. The lowest BCUT2D eigenvalue weighted by molar-refractivity contribution is 0.240. The maximum atomic E-state index is 13.0. The summed E-state index contributed by atoms with van der Waals surface area (Å²) in [7, 11) is 0. The van der Waals surface area contributed by atoms with Crippen molar-refractivity contribution < 1.29 is 4.79 Å². The quantitative estimate of drug-likeness (QED) is 0.591. The van der Waals surface area contributed by atoms with Crippen molar-refractivity contribution in [3.63, 3.8) is 0 Å². The van der Waals surface area contributed by atoms with Gasteiger partial charge in [-0.3, -0.25) is 0 Å². The molecule has 0 radical (unpaired) electrons. The van der Waals surface area contributed by atoms with E-state index < -0.39 is 0 Å². The largest absolute Gasteiger partial charge is 0.335 e. The number of rotatable bonds is 5. The van der Waals surface area contributed by atoms with Crippen molar-refractivity contribution in [3.8, 4) is 0 Å². The molecular weight excluding hydrogens is 344 g/mol. The SMILES string of the molecule is CC(C)c1cccc(C(C)C)c1NC(=O)N[C@@H]1CCCC[C@@H]1c1ccccc1. The van der Waals surface area contributed by atoms with Crippen molar-refractivity contribution in [1.82, 2.24) is 5.32 Å². The standard InChI is InChI=1S/C25H34N2O/c1-17(2)20-14-10-15-21(18(3)4)24(20)27-25(28)26-23-16-9-8-13-22(23)19-11-6-5-7-12-19/h5-7,10-12,14-15,17-18,22-23H,8-9,13,16H2,1-4H3,(H2,26,27,28)/t22-,23-/m1/s1. The molecule has 2 atom stereocenters. The molecule has 3 heteroatoms. The maximum Gasteiger partial charge on any atom is 0.319 e. The van der Waals surface area contributed by atoms with Gasteiger partial charge in [-0.1, -0.05) is 89.1 Å². The number of para-hydroxylation sites is 1. The highest BCUT2D eigenvalue weighted by Gasteiger charge is 2.28. The molecule has 0 unspecified atom stereocenters. The van der Waals surface area contributed by atoms with E-state index in [0.29, 0.717) is 17.8 Å². The van der Waals surface area contributed by atoms with Gasteiger partial charge in [0.1, 0.15) is 0 Å². The van der Waals surface area contributed by atoms with E-state index in [9.17, 15) is 4.79 Å². The predicted molar refractivity (Wildman–Crippen MR) is 118 cm³/mol. The molecule has 0 aromatic heterocycles. The number of hydrogen-bond acceptors (Lipinski definition) is 1. The minimum atomic E-state index is -0.0807. The van der Waals surface area contributed by atoms with E-state index in [4.69, 9.17) is 0 Å². The minimum Gasteiger partial charge on any atom is -0.335 e. The van der Waals surface area contributed by atoms with Crippen molar-refractivity contribution in [2.45, 2.75) is 77.2 Å². The molecule has 2 aromatic rings. The molecule has 1 aliphatic rings. The molecule has 2 aromatic carbocycles. The van der Waals surface area contributed by atoms with Crippen LogP contribution in [0.15, 0.2) is 48.5 Å². The van der Waals surface area contributed by atoms with Crippen LogP contribution in [0.3, 0.4) is 0 Å². The monoisotopic (exact) mass is 378 g/mol. The summed E-state index contributed by atoms with van der Waals surface area (Å²) in [6, 6.07) is 17.1. The van der Waals surface area contributed by atoms with Crippen LogP contribution >= 0.6 is 0 Å². The lowest BCUT2D eigenvalue weighted by Gasteiger charge is -2.33. The topological polar surface area (TPSA) is 41.1 Å². The number of carbonyl (C=O) groups excluding carboxylic acids is 1. The first-order valence-corrected chi connectivity index (χ1v) is 10.7. The van der Waals surface area contributed by atoms with Gasteiger partial charge in [0.15, 0.2) is 0 Å². The summed E-state index contributed by atoms with van der Waals surface area (Å²) in [6.45, 7) is 8.70. The summed E-state index contributed by atoms with van der Waals surface area (Å²) in [5.74, 6) is 1.12. The Balaban J connectivity index is 1.78. The Labute approximate surface area is 169 Å². The molecule has 1 saturated carbocycles. The third-order valence-electron chi connectivity index (χ3n) is 5.92. The molecule has 0 heterocycles. The molecule has 2 amide bonds. The molecule has 150 valence electrons. The van der Waals surface area contributed by atoms with Crippen molar-refractivity contribution in [3.05, 3.63) is 65.2 Å². The Bertz CT molecular complexity index is 756. The number of anilines is 1. The molecule has 28 heavy (non-hydrogen) atoms. The van der Waals surface area contributed by atoms with E-state index in [2.05, 4.69) is 86.9 Å². The van der Waals surface area contributed by atoms with Crippen molar-refractivity contribution in [2.24, 2.45) is 0 Å². The van der Waals surface area contributed by atoms with E-state index in [1.807, 2.05) is 0 Å². The molecule has 0 spiro atoms. The molecule has 0 aliphatic heterocycles. The third kappa shape index (κ3) is 4.76. The Morgan fingerprint density at radius 3 is 2.07 bits per heavy atom. The van der Waals surface area contributed by atoms with Crippen molar-refractivity contribution in [1.29, 1.82) is 0 Å². The first-order valence-electron chi connectivity index (χ1n) is 10.7. The lowest BCUT2D eigenvalue weighted by Crippen LogP contribution is -2.43. The molecular formula is C25H34N2O. The average Bonchev–Trinajstić information content (AvgIpc) is 2.68. The molecule has 3 rings (SSSR count). The van der Waals surface area contributed by atoms with Crippen LogP contribution in [-0.4, -0.2) is 12.1 Å². The first-order chi connectivity index (χ1) is 13.5. The van der Waals surface area contributed by atoms with Gasteiger partial charge in [-0.05, 0) is 41.4 Å².